The molecule has 1 amide bonds. The van der Waals surface area contributed by atoms with Crippen molar-refractivity contribution in [3.05, 3.63) is 53.6 Å². The number of piperidine rings is 1. The molecule has 1 heterocycles. The van der Waals surface area contributed by atoms with Crippen LogP contribution in [0.3, 0.4) is 0 Å². The van der Waals surface area contributed by atoms with Crippen molar-refractivity contribution >= 4 is 21.6 Å². The van der Waals surface area contributed by atoms with E-state index < -0.39 is 16.1 Å². The van der Waals surface area contributed by atoms with Crippen LogP contribution in [0, 0.1) is 0 Å². The Bertz CT molecular complexity index is 1080. The third-order valence-corrected chi connectivity index (χ3v) is 7.26. The molecule has 8 nitrogen and oxygen atoms in total. The molecule has 1 fully saturated rings. The SMILES string of the molecule is COc1ccc(N([C@@H](C)C(=O)NCc2cccc(CN3CCCCC3)c2)S(C)(=O)=O)cc1OC. The van der Waals surface area contributed by atoms with Crippen molar-refractivity contribution in [3.63, 3.8) is 0 Å². The van der Waals surface area contributed by atoms with Gasteiger partial charge < -0.3 is 14.8 Å². The van der Waals surface area contributed by atoms with Crippen LogP contribution in [-0.2, 0) is 27.9 Å². The number of rotatable bonds is 10. The number of carbonyl (C=O) groups is 1. The Balaban J connectivity index is 1.70. The fraction of sp³-hybridized carbons (Fsp3) is 0.480. The second-order valence-corrected chi connectivity index (χ2v) is 10.5. The van der Waals surface area contributed by atoms with Gasteiger partial charge in [0.1, 0.15) is 6.04 Å². The fourth-order valence-electron chi connectivity index (χ4n) is 4.32. The molecule has 1 N–H and O–H groups in total. The van der Waals surface area contributed by atoms with Crippen LogP contribution >= 0.6 is 0 Å². The summed E-state index contributed by atoms with van der Waals surface area (Å²) in [5.41, 5.74) is 2.52. The number of ether oxygens (including phenoxy) is 2. The first kappa shape index (κ1) is 25.8. The molecule has 3 rings (SSSR count). The molecule has 0 saturated carbocycles. The van der Waals surface area contributed by atoms with Crippen LogP contribution in [0.4, 0.5) is 5.69 Å². The van der Waals surface area contributed by atoms with Gasteiger partial charge in [-0.05, 0) is 56.1 Å². The Hall–Kier alpha value is -2.78. The summed E-state index contributed by atoms with van der Waals surface area (Å²) in [6.07, 6.45) is 4.86. The highest BCUT2D eigenvalue weighted by molar-refractivity contribution is 7.92. The zero-order chi connectivity index (χ0) is 24.7. The summed E-state index contributed by atoms with van der Waals surface area (Å²) < 4.78 is 36.8. The summed E-state index contributed by atoms with van der Waals surface area (Å²) in [6.45, 7) is 5.03. The van der Waals surface area contributed by atoms with Crippen molar-refractivity contribution in [2.75, 3.05) is 37.9 Å². The predicted octanol–water partition coefficient (Wildman–Crippen LogP) is 3.16. The molecule has 9 heteroatoms. The van der Waals surface area contributed by atoms with Crippen molar-refractivity contribution in [2.45, 2.75) is 45.3 Å². The first-order chi connectivity index (χ1) is 16.2. The first-order valence-electron chi connectivity index (χ1n) is 11.5. The maximum atomic E-state index is 13.0. The highest BCUT2D eigenvalue weighted by Gasteiger charge is 2.29. The number of benzene rings is 2. The standard InChI is InChI=1S/C25H35N3O5S/c1-19(28(34(4,30)31)22-11-12-23(32-2)24(16-22)33-3)25(29)26-17-20-9-8-10-21(15-20)18-27-13-6-5-7-14-27/h8-12,15-16,19H,5-7,13-14,17-18H2,1-4H3,(H,26,29)/t19-/m0/s1. The summed E-state index contributed by atoms with van der Waals surface area (Å²) in [5.74, 6) is 0.467. The summed E-state index contributed by atoms with van der Waals surface area (Å²) in [4.78, 5) is 15.4. The van der Waals surface area contributed by atoms with Crippen molar-refractivity contribution in [3.8, 4) is 11.5 Å². The van der Waals surface area contributed by atoms with Gasteiger partial charge in [0.15, 0.2) is 11.5 Å². The molecule has 0 radical (unpaired) electrons. The van der Waals surface area contributed by atoms with Crippen molar-refractivity contribution < 1.29 is 22.7 Å². The van der Waals surface area contributed by atoms with E-state index in [0.717, 1.165) is 35.8 Å². The Morgan fingerprint density at radius 3 is 2.35 bits per heavy atom. The Kier molecular flexibility index (Phi) is 8.79. The highest BCUT2D eigenvalue weighted by Crippen LogP contribution is 2.33. The van der Waals surface area contributed by atoms with E-state index >= 15 is 0 Å². The van der Waals surface area contributed by atoms with E-state index in [9.17, 15) is 13.2 Å². The lowest BCUT2D eigenvalue weighted by Crippen LogP contribution is -2.47. The average Bonchev–Trinajstić information content (AvgIpc) is 2.82. The van der Waals surface area contributed by atoms with Gasteiger partial charge in [-0.1, -0.05) is 30.7 Å². The third-order valence-electron chi connectivity index (χ3n) is 6.02. The van der Waals surface area contributed by atoms with E-state index in [2.05, 4.69) is 22.3 Å². The van der Waals surface area contributed by atoms with E-state index in [1.54, 1.807) is 25.1 Å². The highest BCUT2D eigenvalue weighted by atomic mass is 32.2. The van der Waals surface area contributed by atoms with E-state index in [1.165, 1.54) is 39.0 Å². The largest absolute Gasteiger partial charge is 0.493 e. The first-order valence-corrected chi connectivity index (χ1v) is 13.4. The van der Waals surface area contributed by atoms with Gasteiger partial charge in [0.05, 0.1) is 26.2 Å². The molecule has 1 atom stereocenters. The molecule has 0 unspecified atom stereocenters. The molecule has 0 spiro atoms. The van der Waals surface area contributed by atoms with Crippen LogP contribution in [-0.4, -0.2) is 58.8 Å². The van der Waals surface area contributed by atoms with E-state index in [4.69, 9.17) is 9.47 Å². The number of likely N-dealkylation sites (tertiary alicyclic amines) is 1. The minimum absolute atomic E-state index is 0.320. The second kappa shape index (κ2) is 11.6. The quantitative estimate of drug-likeness (QED) is 0.552. The maximum absolute atomic E-state index is 13.0. The smallest absolute Gasteiger partial charge is 0.243 e. The normalized spacial score (nSPS) is 15.4. The van der Waals surface area contributed by atoms with Crippen molar-refractivity contribution in [1.82, 2.24) is 10.2 Å². The number of nitrogens with one attached hydrogen (secondary N) is 1. The van der Waals surface area contributed by atoms with Gasteiger partial charge in [-0.15, -0.1) is 0 Å². The molecular formula is C25H35N3O5S. The van der Waals surface area contributed by atoms with Gasteiger partial charge in [0.25, 0.3) is 0 Å². The molecule has 0 aromatic heterocycles. The summed E-state index contributed by atoms with van der Waals surface area (Å²) in [7, 11) is -0.765. The maximum Gasteiger partial charge on any atom is 0.243 e. The lowest BCUT2D eigenvalue weighted by atomic mass is 10.1. The number of amides is 1. The van der Waals surface area contributed by atoms with Gasteiger partial charge in [0, 0.05) is 19.2 Å². The van der Waals surface area contributed by atoms with Gasteiger partial charge in [0.2, 0.25) is 15.9 Å². The molecule has 1 aliphatic heterocycles. The molecule has 1 saturated heterocycles. The number of anilines is 1. The third kappa shape index (κ3) is 6.64. The molecular weight excluding hydrogens is 454 g/mol. The van der Waals surface area contributed by atoms with E-state index in [-0.39, 0.29) is 5.91 Å². The topological polar surface area (TPSA) is 88.2 Å². The molecule has 0 bridgehead atoms. The molecule has 186 valence electrons. The number of hydrogen-bond acceptors (Lipinski definition) is 6. The minimum atomic E-state index is -3.74. The molecule has 1 aliphatic rings. The lowest BCUT2D eigenvalue weighted by Gasteiger charge is -2.29. The van der Waals surface area contributed by atoms with Crippen LogP contribution in [0.5, 0.6) is 11.5 Å². The lowest BCUT2D eigenvalue weighted by molar-refractivity contribution is -0.122. The van der Waals surface area contributed by atoms with Gasteiger partial charge in [-0.25, -0.2) is 8.42 Å². The van der Waals surface area contributed by atoms with Crippen LogP contribution in [0.25, 0.3) is 0 Å². The molecule has 34 heavy (non-hydrogen) atoms. The molecule has 2 aromatic carbocycles. The average molecular weight is 490 g/mol. The predicted molar refractivity (Wildman–Crippen MR) is 134 cm³/mol. The van der Waals surface area contributed by atoms with E-state index in [1.807, 2.05) is 12.1 Å². The Morgan fingerprint density at radius 2 is 1.71 bits per heavy atom. The fourth-order valence-corrected chi connectivity index (χ4v) is 5.49. The number of nitrogens with zero attached hydrogens (tertiary/aromatic N) is 2. The Labute approximate surface area is 202 Å². The summed E-state index contributed by atoms with van der Waals surface area (Å²) >= 11 is 0. The number of hydrogen-bond donors (Lipinski definition) is 1. The molecule has 2 aromatic rings. The minimum Gasteiger partial charge on any atom is -0.493 e. The number of methoxy groups -OCH3 is 2. The number of carbonyl (C=O) groups excluding carboxylic acids is 1. The Morgan fingerprint density at radius 1 is 1.03 bits per heavy atom. The summed E-state index contributed by atoms with van der Waals surface area (Å²) in [5, 5.41) is 2.89. The van der Waals surface area contributed by atoms with Crippen LogP contribution < -0.4 is 19.1 Å². The van der Waals surface area contributed by atoms with E-state index in [0.29, 0.717) is 23.7 Å². The van der Waals surface area contributed by atoms with Gasteiger partial charge in [-0.3, -0.25) is 14.0 Å². The van der Waals surface area contributed by atoms with Crippen LogP contribution in [0.1, 0.15) is 37.3 Å². The summed E-state index contributed by atoms with van der Waals surface area (Å²) in [6, 6.07) is 12.0. The van der Waals surface area contributed by atoms with Crippen molar-refractivity contribution in [2.24, 2.45) is 0 Å². The zero-order valence-electron chi connectivity index (χ0n) is 20.4. The molecule has 0 aliphatic carbocycles. The monoisotopic (exact) mass is 489 g/mol. The van der Waals surface area contributed by atoms with Gasteiger partial charge in [-0.2, -0.15) is 0 Å². The van der Waals surface area contributed by atoms with Crippen LogP contribution in [0.2, 0.25) is 0 Å². The van der Waals surface area contributed by atoms with Crippen molar-refractivity contribution in [1.29, 1.82) is 0 Å². The van der Waals surface area contributed by atoms with Crippen LogP contribution in [0.15, 0.2) is 42.5 Å². The second-order valence-electron chi connectivity index (χ2n) is 8.65. The zero-order valence-corrected chi connectivity index (χ0v) is 21.2. The van der Waals surface area contributed by atoms with Gasteiger partial charge >= 0.3 is 0 Å². The number of sulfonamides is 1.